The van der Waals surface area contributed by atoms with Crippen molar-refractivity contribution < 1.29 is 29.0 Å². The van der Waals surface area contributed by atoms with Gasteiger partial charge in [-0.15, -0.1) is 11.3 Å². The van der Waals surface area contributed by atoms with Crippen LogP contribution in [0.5, 0.6) is 0 Å². The van der Waals surface area contributed by atoms with Gasteiger partial charge in [0.05, 0.1) is 29.6 Å². The van der Waals surface area contributed by atoms with Gasteiger partial charge in [0.15, 0.2) is 0 Å². The van der Waals surface area contributed by atoms with Gasteiger partial charge in [-0.05, 0) is 64.9 Å². The second-order valence-corrected chi connectivity index (χ2v) is 12.7. The summed E-state index contributed by atoms with van der Waals surface area (Å²) in [6, 6.07) is 1.33. The van der Waals surface area contributed by atoms with Crippen LogP contribution in [0.2, 0.25) is 0 Å². The van der Waals surface area contributed by atoms with Gasteiger partial charge in [-0.1, -0.05) is 18.8 Å². The third kappa shape index (κ3) is 6.68. The molecule has 3 amide bonds. The number of hydrogen-bond acceptors (Lipinski definition) is 6. The Morgan fingerprint density at radius 3 is 2.50 bits per heavy atom. The van der Waals surface area contributed by atoms with Gasteiger partial charge in [-0.3, -0.25) is 9.59 Å². The molecule has 0 aromatic carbocycles. The topological polar surface area (TPSA) is 116 Å². The Hall–Kier alpha value is -3.06. The highest BCUT2D eigenvalue weighted by atomic mass is 32.1. The zero-order valence-corrected chi connectivity index (χ0v) is 23.4. The van der Waals surface area contributed by atoms with Gasteiger partial charge in [-0.2, -0.15) is 0 Å². The maximum atomic E-state index is 14.0. The Bertz CT molecular complexity index is 1150. The van der Waals surface area contributed by atoms with Gasteiger partial charge in [0.2, 0.25) is 11.8 Å². The first-order chi connectivity index (χ1) is 17.9. The first-order valence-corrected chi connectivity index (χ1v) is 14.2. The number of anilines is 1. The normalized spacial score (nSPS) is 25.4. The minimum absolute atomic E-state index is 0.0808. The van der Waals surface area contributed by atoms with Crippen LogP contribution in [0.3, 0.4) is 0 Å². The molecule has 2 saturated heterocycles. The number of aromatic carboxylic acids is 1. The summed E-state index contributed by atoms with van der Waals surface area (Å²) in [5, 5.41) is 12.7. The van der Waals surface area contributed by atoms with E-state index in [0.717, 1.165) is 37.0 Å². The number of rotatable bonds is 5. The van der Waals surface area contributed by atoms with Crippen molar-refractivity contribution in [3.8, 4) is 11.8 Å². The molecule has 38 heavy (non-hydrogen) atoms. The fourth-order valence-electron chi connectivity index (χ4n) is 5.22. The highest BCUT2D eigenvalue weighted by Crippen LogP contribution is 2.38. The molecule has 206 valence electrons. The first kappa shape index (κ1) is 28.0. The lowest BCUT2D eigenvalue weighted by Gasteiger charge is -2.34. The Labute approximate surface area is 227 Å². The van der Waals surface area contributed by atoms with Crippen molar-refractivity contribution in [1.29, 1.82) is 0 Å². The van der Waals surface area contributed by atoms with Crippen molar-refractivity contribution >= 4 is 40.9 Å². The Morgan fingerprint density at radius 1 is 1.18 bits per heavy atom. The zero-order chi connectivity index (χ0) is 27.6. The van der Waals surface area contributed by atoms with Gasteiger partial charge in [0.25, 0.3) is 0 Å². The molecule has 0 radical (unpaired) electrons. The molecule has 3 fully saturated rings. The number of carbonyl (C=O) groups is 4. The number of hydrogen-bond donors (Lipinski definition) is 2. The predicted molar refractivity (Wildman–Crippen MR) is 144 cm³/mol. The van der Waals surface area contributed by atoms with E-state index in [9.17, 15) is 24.3 Å². The molecule has 9 nitrogen and oxygen atoms in total. The van der Waals surface area contributed by atoms with Crippen molar-refractivity contribution in [2.45, 2.75) is 78.4 Å². The van der Waals surface area contributed by atoms with Crippen LogP contribution in [0, 0.1) is 29.1 Å². The quantitative estimate of drug-likeness (QED) is 0.540. The van der Waals surface area contributed by atoms with E-state index in [-0.39, 0.29) is 47.0 Å². The number of carboxylic acids is 1. The van der Waals surface area contributed by atoms with E-state index in [2.05, 4.69) is 24.1 Å². The van der Waals surface area contributed by atoms with E-state index in [4.69, 9.17) is 4.74 Å². The second-order valence-electron chi connectivity index (χ2n) is 11.7. The summed E-state index contributed by atoms with van der Waals surface area (Å²) in [4.78, 5) is 54.5. The van der Waals surface area contributed by atoms with Crippen LogP contribution in [0.25, 0.3) is 0 Å². The van der Waals surface area contributed by atoms with Crippen molar-refractivity contribution in [2.24, 2.45) is 17.3 Å². The van der Waals surface area contributed by atoms with Crippen LogP contribution in [-0.2, 0) is 14.3 Å². The monoisotopic (exact) mass is 543 g/mol. The summed E-state index contributed by atoms with van der Waals surface area (Å²) in [6.07, 6.45) is 3.07. The van der Waals surface area contributed by atoms with Gasteiger partial charge in [0, 0.05) is 24.4 Å². The summed E-state index contributed by atoms with van der Waals surface area (Å²) in [6.45, 7) is 9.05. The molecule has 2 N–H and O–H groups in total. The van der Waals surface area contributed by atoms with Crippen LogP contribution in [0.4, 0.5) is 10.5 Å². The van der Waals surface area contributed by atoms with Crippen LogP contribution in [-0.4, -0.2) is 65.7 Å². The molecule has 0 unspecified atom stereocenters. The molecule has 1 aromatic heterocycles. The highest BCUT2D eigenvalue weighted by molar-refractivity contribution is 7.15. The molecule has 1 aliphatic carbocycles. The molecule has 2 aliphatic heterocycles. The Balaban J connectivity index is 1.61. The molecule has 0 bridgehead atoms. The predicted octanol–water partition coefficient (Wildman–Crippen LogP) is 4.10. The van der Waals surface area contributed by atoms with E-state index in [1.54, 1.807) is 15.9 Å². The molecule has 1 saturated carbocycles. The van der Waals surface area contributed by atoms with Crippen LogP contribution in [0.15, 0.2) is 6.07 Å². The Kier molecular flexibility index (Phi) is 8.36. The van der Waals surface area contributed by atoms with Crippen molar-refractivity contribution in [2.75, 3.05) is 24.5 Å². The van der Waals surface area contributed by atoms with Crippen molar-refractivity contribution in [3.05, 3.63) is 15.8 Å². The Morgan fingerprint density at radius 2 is 1.89 bits per heavy atom. The molecule has 2 atom stereocenters. The minimum atomic E-state index is -1.10. The summed E-state index contributed by atoms with van der Waals surface area (Å²) < 4.78 is 5.51. The number of amides is 3. The van der Waals surface area contributed by atoms with E-state index in [1.807, 2.05) is 20.8 Å². The summed E-state index contributed by atoms with van der Waals surface area (Å²) in [7, 11) is 0. The van der Waals surface area contributed by atoms with Crippen LogP contribution < -0.4 is 10.2 Å². The molecule has 0 spiro atoms. The number of nitrogens with one attached hydrogen (secondary N) is 1. The van der Waals surface area contributed by atoms with Crippen LogP contribution in [0.1, 0.15) is 80.8 Å². The SMILES string of the molecule is CC1CCC(C(=O)N(c2cc(C#CC(C)(C)C)sc2C(=O)O)[C@H]2CCN(C(=O)O[C@@H]3CNC(=O)C3)C2)CC1. The number of nitrogens with zero attached hydrogens (tertiary/aromatic N) is 2. The van der Waals surface area contributed by atoms with Crippen molar-refractivity contribution in [3.63, 3.8) is 0 Å². The maximum Gasteiger partial charge on any atom is 0.410 e. The van der Waals surface area contributed by atoms with Crippen LogP contribution >= 0.6 is 11.3 Å². The van der Waals surface area contributed by atoms with E-state index in [0.29, 0.717) is 36.0 Å². The lowest BCUT2D eigenvalue weighted by Crippen LogP contribution is -2.47. The molecule has 4 rings (SSSR count). The fourth-order valence-corrected chi connectivity index (χ4v) is 6.06. The van der Waals surface area contributed by atoms with Crippen molar-refractivity contribution in [1.82, 2.24) is 10.2 Å². The van der Waals surface area contributed by atoms with Gasteiger partial charge in [0.1, 0.15) is 11.0 Å². The van der Waals surface area contributed by atoms with Gasteiger partial charge >= 0.3 is 12.1 Å². The summed E-state index contributed by atoms with van der Waals surface area (Å²) >= 11 is 1.08. The average molecular weight is 544 g/mol. The molecular formula is C28H37N3O6S. The minimum Gasteiger partial charge on any atom is -0.477 e. The maximum absolute atomic E-state index is 14.0. The fraction of sp³-hybridized carbons (Fsp3) is 0.643. The van der Waals surface area contributed by atoms with Gasteiger partial charge < -0.3 is 25.0 Å². The number of thiophene rings is 1. The molecular weight excluding hydrogens is 506 g/mol. The smallest absolute Gasteiger partial charge is 0.410 e. The summed E-state index contributed by atoms with van der Waals surface area (Å²) in [5.74, 6) is 5.28. The van der Waals surface area contributed by atoms with E-state index < -0.39 is 18.2 Å². The highest BCUT2D eigenvalue weighted by Gasteiger charge is 2.40. The number of carbonyl (C=O) groups excluding carboxylic acids is 3. The zero-order valence-electron chi connectivity index (χ0n) is 22.5. The third-order valence-corrected chi connectivity index (χ3v) is 8.35. The standard InChI is InChI=1S/C28H37N3O6S/c1-17-5-7-18(8-6-17)25(33)31(22-14-21(9-11-28(2,3)4)38-24(22)26(34)35)19-10-12-30(16-19)27(36)37-20-13-23(32)29-15-20/h14,17-20H,5-8,10,12-13,15-16H2,1-4H3,(H,29,32)(H,34,35)/t17?,18?,19-,20-/m0/s1. The lowest BCUT2D eigenvalue weighted by atomic mass is 9.82. The van der Waals surface area contributed by atoms with Gasteiger partial charge in [-0.25, -0.2) is 9.59 Å². The summed E-state index contributed by atoms with van der Waals surface area (Å²) in [5.41, 5.74) is 0.100. The first-order valence-electron chi connectivity index (χ1n) is 13.4. The van der Waals surface area contributed by atoms with E-state index in [1.165, 1.54) is 0 Å². The third-order valence-electron chi connectivity index (χ3n) is 7.32. The second kappa shape index (κ2) is 11.4. The molecule has 3 aliphatic rings. The number of carboxylic acid groups (broad SMARTS) is 1. The lowest BCUT2D eigenvalue weighted by molar-refractivity contribution is -0.124. The number of likely N-dealkylation sites (tertiary alicyclic amines) is 1. The number of ether oxygens (including phenoxy) is 1. The molecule has 3 heterocycles. The largest absolute Gasteiger partial charge is 0.477 e. The average Bonchev–Trinajstić information content (AvgIpc) is 3.58. The molecule has 10 heteroatoms. The molecule has 1 aromatic rings. The van der Waals surface area contributed by atoms with E-state index >= 15 is 0 Å².